The molecule has 0 radical (unpaired) electrons. The number of amides is 3. The summed E-state index contributed by atoms with van der Waals surface area (Å²) in [5.74, 6) is -0.536. The van der Waals surface area contributed by atoms with Gasteiger partial charge in [-0.2, -0.15) is 0 Å². The van der Waals surface area contributed by atoms with Crippen molar-refractivity contribution in [2.75, 3.05) is 20.1 Å². The minimum Gasteiger partial charge on any atom is -0.467 e. The minimum absolute atomic E-state index is 0.0668. The predicted octanol–water partition coefficient (Wildman–Crippen LogP) is 3.33. The zero-order chi connectivity index (χ0) is 22.5. The van der Waals surface area contributed by atoms with Crippen molar-refractivity contribution in [2.45, 2.75) is 19.5 Å². The highest BCUT2D eigenvalue weighted by molar-refractivity contribution is 6.22. The SMILES string of the molecule is CN(CCCNC(=O)c1ccc2c(c1)C(=O)N(Cc1ccco1)C2=O)Cc1ccccc1. The van der Waals surface area contributed by atoms with Gasteiger partial charge in [-0.25, -0.2) is 0 Å². The van der Waals surface area contributed by atoms with Gasteiger partial charge in [0.2, 0.25) is 0 Å². The molecule has 3 aromatic rings. The van der Waals surface area contributed by atoms with Crippen molar-refractivity contribution in [3.63, 3.8) is 0 Å². The number of furan rings is 1. The lowest BCUT2D eigenvalue weighted by Gasteiger charge is -2.16. The average Bonchev–Trinajstić information content (AvgIpc) is 3.40. The number of carbonyl (C=O) groups excluding carboxylic acids is 3. The number of benzene rings is 2. The van der Waals surface area contributed by atoms with Gasteiger partial charge >= 0.3 is 0 Å². The maximum Gasteiger partial charge on any atom is 0.261 e. The number of nitrogens with one attached hydrogen (secondary N) is 1. The molecule has 0 saturated heterocycles. The number of fused-ring (bicyclic) bond motifs is 1. The lowest BCUT2D eigenvalue weighted by molar-refractivity contribution is 0.0631. The maximum atomic E-state index is 12.7. The van der Waals surface area contributed by atoms with E-state index in [2.05, 4.69) is 22.3 Å². The Morgan fingerprint density at radius 1 is 1.00 bits per heavy atom. The highest BCUT2D eigenvalue weighted by Crippen LogP contribution is 2.25. The molecule has 7 nitrogen and oxygen atoms in total. The summed E-state index contributed by atoms with van der Waals surface area (Å²) in [5, 5.41) is 2.89. The smallest absolute Gasteiger partial charge is 0.261 e. The van der Waals surface area contributed by atoms with Crippen molar-refractivity contribution < 1.29 is 18.8 Å². The molecule has 0 aliphatic carbocycles. The van der Waals surface area contributed by atoms with E-state index in [-0.39, 0.29) is 23.9 Å². The topological polar surface area (TPSA) is 82.9 Å². The summed E-state index contributed by atoms with van der Waals surface area (Å²) in [4.78, 5) is 41.2. The fraction of sp³-hybridized carbons (Fsp3) is 0.240. The molecule has 1 N–H and O–H groups in total. The Morgan fingerprint density at radius 2 is 1.78 bits per heavy atom. The Labute approximate surface area is 186 Å². The van der Waals surface area contributed by atoms with E-state index in [9.17, 15) is 14.4 Å². The summed E-state index contributed by atoms with van der Waals surface area (Å²) in [6.07, 6.45) is 2.30. The highest BCUT2D eigenvalue weighted by atomic mass is 16.3. The molecular weight excluding hydrogens is 406 g/mol. The van der Waals surface area contributed by atoms with Gasteiger partial charge in [0.1, 0.15) is 5.76 Å². The number of hydrogen-bond donors (Lipinski definition) is 1. The monoisotopic (exact) mass is 431 g/mol. The van der Waals surface area contributed by atoms with Crippen LogP contribution in [0, 0.1) is 0 Å². The van der Waals surface area contributed by atoms with Crippen molar-refractivity contribution in [2.24, 2.45) is 0 Å². The first-order valence-corrected chi connectivity index (χ1v) is 10.6. The Morgan fingerprint density at radius 3 is 2.53 bits per heavy atom. The van der Waals surface area contributed by atoms with Crippen LogP contribution in [0.3, 0.4) is 0 Å². The zero-order valence-electron chi connectivity index (χ0n) is 17.9. The summed E-state index contributed by atoms with van der Waals surface area (Å²) in [6.45, 7) is 2.28. The van der Waals surface area contributed by atoms with Crippen LogP contribution >= 0.6 is 0 Å². The van der Waals surface area contributed by atoms with Gasteiger partial charge in [-0.3, -0.25) is 19.3 Å². The Bertz CT molecular complexity index is 1110. The van der Waals surface area contributed by atoms with Gasteiger partial charge in [0.15, 0.2) is 0 Å². The summed E-state index contributed by atoms with van der Waals surface area (Å²) in [5.41, 5.74) is 2.16. The van der Waals surface area contributed by atoms with Crippen LogP contribution in [-0.4, -0.2) is 47.7 Å². The van der Waals surface area contributed by atoms with Crippen molar-refractivity contribution in [3.05, 3.63) is 94.9 Å². The molecule has 2 aromatic carbocycles. The van der Waals surface area contributed by atoms with Crippen LogP contribution in [0.5, 0.6) is 0 Å². The van der Waals surface area contributed by atoms with E-state index < -0.39 is 5.91 Å². The fourth-order valence-electron chi connectivity index (χ4n) is 3.76. The van der Waals surface area contributed by atoms with Gasteiger partial charge in [0.25, 0.3) is 17.7 Å². The molecule has 4 rings (SSSR count). The first kappa shape index (κ1) is 21.5. The van der Waals surface area contributed by atoms with Crippen LogP contribution in [0.15, 0.2) is 71.3 Å². The van der Waals surface area contributed by atoms with E-state index in [1.165, 1.54) is 17.9 Å². The first-order chi connectivity index (χ1) is 15.5. The maximum absolute atomic E-state index is 12.7. The van der Waals surface area contributed by atoms with Crippen LogP contribution in [-0.2, 0) is 13.1 Å². The van der Waals surface area contributed by atoms with Crippen molar-refractivity contribution in [1.82, 2.24) is 15.1 Å². The van der Waals surface area contributed by atoms with E-state index in [1.54, 1.807) is 24.3 Å². The Kier molecular flexibility index (Phi) is 6.47. The van der Waals surface area contributed by atoms with Crippen LogP contribution in [0.25, 0.3) is 0 Å². The average molecular weight is 431 g/mol. The second-order valence-corrected chi connectivity index (χ2v) is 7.87. The van der Waals surface area contributed by atoms with Crippen LogP contribution in [0.4, 0.5) is 0 Å². The molecule has 0 atom stereocenters. The molecule has 0 spiro atoms. The van der Waals surface area contributed by atoms with Crippen molar-refractivity contribution in [3.8, 4) is 0 Å². The molecule has 32 heavy (non-hydrogen) atoms. The summed E-state index contributed by atoms with van der Waals surface area (Å²) in [6, 6.07) is 18.3. The third-order valence-electron chi connectivity index (χ3n) is 5.42. The van der Waals surface area contributed by atoms with Gasteiger partial charge < -0.3 is 14.6 Å². The van der Waals surface area contributed by atoms with Gasteiger partial charge in [0, 0.05) is 18.7 Å². The van der Waals surface area contributed by atoms with Crippen molar-refractivity contribution in [1.29, 1.82) is 0 Å². The van der Waals surface area contributed by atoms with Gasteiger partial charge in [-0.05, 0) is 55.9 Å². The Balaban J connectivity index is 1.29. The van der Waals surface area contributed by atoms with E-state index in [4.69, 9.17) is 4.42 Å². The molecule has 0 saturated carbocycles. The third kappa shape index (κ3) is 4.78. The number of nitrogens with zero attached hydrogens (tertiary/aromatic N) is 2. The second-order valence-electron chi connectivity index (χ2n) is 7.87. The molecule has 164 valence electrons. The van der Waals surface area contributed by atoms with E-state index >= 15 is 0 Å². The fourth-order valence-corrected chi connectivity index (χ4v) is 3.76. The summed E-state index contributed by atoms with van der Waals surface area (Å²) >= 11 is 0. The minimum atomic E-state index is -0.418. The molecular formula is C25H25N3O4. The molecule has 3 amide bonds. The molecule has 2 heterocycles. The van der Waals surface area contributed by atoms with E-state index in [0.29, 0.717) is 23.4 Å². The lowest BCUT2D eigenvalue weighted by Crippen LogP contribution is -2.29. The molecule has 0 unspecified atom stereocenters. The molecule has 7 heteroatoms. The third-order valence-corrected chi connectivity index (χ3v) is 5.42. The Hall–Kier alpha value is -3.71. The predicted molar refractivity (Wildman–Crippen MR) is 119 cm³/mol. The zero-order valence-corrected chi connectivity index (χ0v) is 17.9. The normalized spacial score (nSPS) is 13.0. The van der Waals surface area contributed by atoms with Crippen LogP contribution in [0.2, 0.25) is 0 Å². The number of hydrogen-bond acceptors (Lipinski definition) is 5. The molecule has 1 aliphatic heterocycles. The van der Waals surface area contributed by atoms with Gasteiger partial charge in [-0.15, -0.1) is 0 Å². The van der Waals surface area contributed by atoms with E-state index in [0.717, 1.165) is 24.4 Å². The van der Waals surface area contributed by atoms with E-state index in [1.807, 2.05) is 25.2 Å². The number of imide groups is 1. The largest absolute Gasteiger partial charge is 0.467 e. The molecule has 1 aromatic heterocycles. The van der Waals surface area contributed by atoms with Crippen molar-refractivity contribution >= 4 is 17.7 Å². The standard InChI is InChI=1S/C25H25N3O4/c1-27(16-18-7-3-2-4-8-18)13-6-12-26-23(29)19-10-11-21-22(15-19)25(31)28(24(21)30)17-20-9-5-14-32-20/h2-5,7-11,14-15H,6,12-13,16-17H2,1H3,(H,26,29). The second kappa shape index (κ2) is 9.62. The number of rotatable bonds is 9. The van der Waals surface area contributed by atoms with Crippen LogP contribution in [0.1, 0.15) is 48.8 Å². The molecule has 0 fully saturated rings. The first-order valence-electron chi connectivity index (χ1n) is 10.6. The molecule has 1 aliphatic rings. The summed E-state index contributed by atoms with van der Waals surface area (Å²) in [7, 11) is 2.05. The lowest BCUT2D eigenvalue weighted by atomic mass is 10.1. The number of carbonyl (C=O) groups is 3. The van der Waals surface area contributed by atoms with Crippen LogP contribution < -0.4 is 5.32 Å². The van der Waals surface area contributed by atoms with Gasteiger partial charge in [-0.1, -0.05) is 30.3 Å². The molecule has 0 bridgehead atoms. The quantitative estimate of drug-likeness (QED) is 0.415. The highest BCUT2D eigenvalue weighted by Gasteiger charge is 2.36. The van der Waals surface area contributed by atoms with Gasteiger partial charge in [0.05, 0.1) is 23.9 Å². The summed E-state index contributed by atoms with van der Waals surface area (Å²) < 4.78 is 5.24.